The van der Waals surface area contributed by atoms with Crippen LogP contribution in [-0.4, -0.2) is 11.6 Å². The second-order valence-electron chi connectivity index (χ2n) is 3.37. The lowest BCUT2D eigenvalue weighted by atomic mass is 9.91. The molecule has 3 heteroatoms. The average molecular weight is 144 g/mol. The van der Waals surface area contributed by atoms with Gasteiger partial charge in [-0.25, -0.2) is 4.79 Å². The Morgan fingerprint density at radius 2 is 1.90 bits per heavy atom. The van der Waals surface area contributed by atoms with Crippen LogP contribution in [0, 0.1) is 5.92 Å². The molecule has 0 rings (SSSR count). The number of primary amides is 1. The average Bonchev–Trinajstić information content (AvgIpc) is 1.60. The molecular formula is C7H16N2O. The van der Waals surface area contributed by atoms with Crippen LogP contribution in [0.1, 0.15) is 27.7 Å². The van der Waals surface area contributed by atoms with Crippen LogP contribution in [-0.2, 0) is 0 Å². The molecule has 0 atom stereocenters. The maximum atomic E-state index is 10.4. The monoisotopic (exact) mass is 144 g/mol. The summed E-state index contributed by atoms with van der Waals surface area (Å²) in [5.74, 6) is 0.389. The molecule has 0 aliphatic heterocycles. The standard InChI is InChI=1S/C7H16N2O/c1-5(2)7(3,4)9-6(8)10/h5H,1-4H3,(H3,8,9,10). The van der Waals surface area contributed by atoms with E-state index in [4.69, 9.17) is 5.73 Å². The molecule has 0 bridgehead atoms. The van der Waals surface area contributed by atoms with Gasteiger partial charge in [-0.3, -0.25) is 0 Å². The molecule has 0 unspecified atom stereocenters. The van der Waals surface area contributed by atoms with Gasteiger partial charge >= 0.3 is 6.03 Å². The Labute approximate surface area is 62.0 Å². The molecule has 3 N–H and O–H groups in total. The summed E-state index contributed by atoms with van der Waals surface area (Å²) in [6.07, 6.45) is 0. The van der Waals surface area contributed by atoms with E-state index in [1.54, 1.807) is 0 Å². The lowest BCUT2D eigenvalue weighted by molar-refractivity contribution is 0.226. The van der Waals surface area contributed by atoms with Crippen LogP contribution in [0.25, 0.3) is 0 Å². The first-order valence-corrected chi connectivity index (χ1v) is 3.44. The van der Waals surface area contributed by atoms with E-state index in [0.29, 0.717) is 5.92 Å². The van der Waals surface area contributed by atoms with E-state index in [1.807, 2.05) is 27.7 Å². The Kier molecular flexibility index (Phi) is 2.69. The summed E-state index contributed by atoms with van der Waals surface area (Å²) in [6.45, 7) is 7.97. The molecule has 60 valence electrons. The normalized spacial score (nSPS) is 11.7. The molecule has 0 heterocycles. The van der Waals surface area contributed by atoms with Gasteiger partial charge in [0.25, 0.3) is 0 Å². The summed E-state index contributed by atoms with van der Waals surface area (Å²) in [5, 5.41) is 2.66. The number of nitrogens with two attached hydrogens (primary N) is 1. The molecule has 0 fully saturated rings. The molecule has 0 aromatic heterocycles. The number of amides is 2. The summed E-state index contributed by atoms with van der Waals surface area (Å²) in [7, 11) is 0. The Morgan fingerprint density at radius 1 is 1.50 bits per heavy atom. The summed E-state index contributed by atoms with van der Waals surface area (Å²) in [5.41, 5.74) is 4.76. The molecule has 0 aliphatic carbocycles. The van der Waals surface area contributed by atoms with Crippen LogP contribution in [0.5, 0.6) is 0 Å². The van der Waals surface area contributed by atoms with Gasteiger partial charge in [-0.15, -0.1) is 0 Å². The summed E-state index contributed by atoms with van der Waals surface area (Å²) in [6, 6.07) is -0.460. The van der Waals surface area contributed by atoms with Gasteiger partial charge in [0.05, 0.1) is 0 Å². The van der Waals surface area contributed by atoms with E-state index in [1.165, 1.54) is 0 Å². The summed E-state index contributed by atoms with van der Waals surface area (Å²) < 4.78 is 0. The third-order valence-corrected chi connectivity index (χ3v) is 1.89. The number of rotatable bonds is 2. The zero-order valence-corrected chi connectivity index (χ0v) is 7.06. The maximum absolute atomic E-state index is 10.4. The fraction of sp³-hybridized carbons (Fsp3) is 0.857. The minimum absolute atomic E-state index is 0.203. The smallest absolute Gasteiger partial charge is 0.312 e. The minimum Gasteiger partial charge on any atom is -0.352 e. The molecule has 0 aromatic carbocycles. The van der Waals surface area contributed by atoms with Gasteiger partial charge in [-0.1, -0.05) is 13.8 Å². The topological polar surface area (TPSA) is 55.1 Å². The second kappa shape index (κ2) is 2.90. The largest absolute Gasteiger partial charge is 0.352 e. The van der Waals surface area contributed by atoms with Gasteiger partial charge < -0.3 is 11.1 Å². The van der Waals surface area contributed by atoms with Gasteiger partial charge in [0.15, 0.2) is 0 Å². The molecule has 0 saturated carbocycles. The highest BCUT2D eigenvalue weighted by Gasteiger charge is 2.22. The van der Waals surface area contributed by atoms with Crippen LogP contribution in [0.15, 0.2) is 0 Å². The minimum atomic E-state index is -0.460. The van der Waals surface area contributed by atoms with Crippen molar-refractivity contribution in [2.75, 3.05) is 0 Å². The Morgan fingerprint density at radius 3 is 2.00 bits per heavy atom. The van der Waals surface area contributed by atoms with E-state index in [-0.39, 0.29) is 5.54 Å². The second-order valence-corrected chi connectivity index (χ2v) is 3.37. The van der Waals surface area contributed by atoms with Crippen molar-refractivity contribution in [3.05, 3.63) is 0 Å². The van der Waals surface area contributed by atoms with Gasteiger partial charge in [-0.05, 0) is 19.8 Å². The van der Waals surface area contributed by atoms with E-state index in [2.05, 4.69) is 5.32 Å². The number of nitrogens with one attached hydrogen (secondary N) is 1. The highest BCUT2D eigenvalue weighted by Crippen LogP contribution is 2.13. The predicted molar refractivity (Wildman–Crippen MR) is 41.6 cm³/mol. The van der Waals surface area contributed by atoms with Crippen molar-refractivity contribution in [3.8, 4) is 0 Å². The van der Waals surface area contributed by atoms with Crippen molar-refractivity contribution in [2.24, 2.45) is 11.7 Å². The Balaban J connectivity index is 3.99. The van der Waals surface area contributed by atoms with Gasteiger partial charge in [0, 0.05) is 5.54 Å². The van der Waals surface area contributed by atoms with Crippen molar-refractivity contribution >= 4 is 6.03 Å². The van der Waals surface area contributed by atoms with Crippen LogP contribution < -0.4 is 11.1 Å². The molecule has 10 heavy (non-hydrogen) atoms. The molecule has 0 aliphatic rings. The highest BCUT2D eigenvalue weighted by atomic mass is 16.2. The van der Waals surface area contributed by atoms with Crippen molar-refractivity contribution in [2.45, 2.75) is 33.2 Å². The summed E-state index contributed by atoms with van der Waals surface area (Å²) >= 11 is 0. The first-order valence-electron chi connectivity index (χ1n) is 3.44. The van der Waals surface area contributed by atoms with Crippen molar-refractivity contribution in [1.29, 1.82) is 0 Å². The first-order chi connectivity index (χ1) is 4.36. The zero-order chi connectivity index (χ0) is 8.36. The zero-order valence-electron chi connectivity index (χ0n) is 7.06. The Hall–Kier alpha value is -0.730. The molecule has 0 radical (unpaired) electrons. The van der Waals surface area contributed by atoms with Crippen LogP contribution in [0.4, 0.5) is 4.79 Å². The van der Waals surface area contributed by atoms with Gasteiger partial charge in [-0.2, -0.15) is 0 Å². The molecule has 0 aromatic rings. The maximum Gasteiger partial charge on any atom is 0.312 e. The SMILES string of the molecule is CC(C)C(C)(C)NC(N)=O. The molecular weight excluding hydrogens is 128 g/mol. The van der Waals surface area contributed by atoms with Crippen LogP contribution in [0.2, 0.25) is 0 Å². The van der Waals surface area contributed by atoms with E-state index >= 15 is 0 Å². The lowest BCUT2D eigenvalue weighted by Gasteiger charge is -2.29. The first kappa shape index (κ1) is 9.27. The fourth-order valence-electron chi connectivity index (χ4n) is 0.462. The number of hydrogen-bond donors (Lipinski definition) is 2. The third-order valence-electron chi connectivity index (χ3n) is 1.89. The van der Waals surface area contributed by atoms with Gasteiger partial charge in [0.2, 0.25) is 0 Å². The van der Waals surface area contributed by atoms with Gasteiger partial charge in [0.1, 0.15) is 0 Å². The summed E-state index contributed by atoms with van der Waals surface area (Å²) in [4.78, 5) is 10.4. The van der Waals surface area contributed by atoms with Crippen molar-refractivity contribution in [3.63, 3.8) is 0 Å². The molecule has 0 saturated heterocycles. The lowest BCUT2D eigenvalue weighted by Crippen LogP contribution is -2.49. The molecule has 0 spiro atoms. The third kappa shape index (κ3) is 2.71. The molecule has 2 amide bonds. The number of carbonyl (C=O) groups excluding carboxylic acids is 1. The van der Waals surface area contributed by atoms with E-state index in [0.717, 1.165) is 0 Å². The number of urea groups is 1. The van der Waals surface area contributed by atoms with E-state index in [9.17, 15) is 4.79 Å². The van der Waals surface area contributed by atoms with Crippen LogP contribution in [0.3, 0.4) is 0 Å². The Bertz CT molecular complexity index is 130. The molecule has 3 nitrogen and oxygen atoms in total. The number of carbonyl (C=O) groups is 1. The fourth-order valence-corrected chi connectivity index (χ4v) is 0.462. The quantitative estimate of drug-likeness (QED) is 0.599. The number of hydrogen-bond acceptors (Lipinski definition) is 1. The predicted octanol–water partition coefficient (Wildman–Crippen LogP) is 1.09. The van der Waals surface area contributed by atoms with Crippen molar-refractivity contribution < 1.29 is 4.79 Å². The highest BCUT2D eigenvalue weighted by molar-refractivity contribution is 5.72. The van der Waals surface area contributed by atoms with E-state index < -0.39 is 6.03 Å². The van der Waals surface area contributed by atoms with Crippen LogP contribution >= 0.6 is 0 Å². The van der Waals surface area contributed by atoms with Crippen molar-refractivity contribution in [1.82, 2.24) is 5.32 Å².